The van der Waals surface area contributed by atoms with Gasteiger partial charge < -0.3 is 4.74 Å². The third-order valence-electron chi connectivity index (χ3n) is 4.62. The van der Waals surface area contributed by atoms with Crippen molar-refractivity contribution in [2.45, 2.75) is 17.2 Å². The molecule has 0 saturated carbocycles. The summed E-state index contributed by atoms with van der Waals surface area (Å²) < 4.78 is 33.6. The number of ether oxygens (including phenoxy) is 1. The van der Waals surface area contributed by atoms with E-state index in [9.17, 15) is 13.2 Å². The summed E-state index contributed by atoms with van der Waals surface area (Å²) in [5.74, 6) is -0.792. The van der Waals surface area contributed by atoms with E-state index in [2.05, 4.69) is 4.72 Å². The first-order valence-corrected chi connectivity index (χ1v) is 10.3. The molecule has 1 atom stereocenters. The Bertz CT molecular complexity index is 1140. The molecule has 0 bridgehead atoms. The van der Waals surface area contributed by atoms with Crippen LogP contribution in [-0.4, -0.2) is 20.9 Å². The van der Waals surface area contributed by atoms with Crippen molar-refractivity contribution in [2.75, 3.05) is 6.61 Å². The van der Waals surface area contributed by atoms with Gasteiger partial charge in [0, 0.05) is 10.9 Å². The fourth-order valence-electron chi connectivity index (χ4n) is 3.35. The standard InChI is InChI=1S/C20H16ClNO4S/c21-17-9-4-8-15-16(11-12-26-19(15)17)20(23)22-27(24,25)18-10-3-6-13-5-1-2-7-14(13)18/h1-10,16H,11-12H2,(H,22,23). The van der Waals surface area contributed by atoms with Crippen LogP contribution in [-0.2, 0) is 14.8 Å². The van der Waals surface area contributed by atoms with Gasteiger partial charge in [-0.25, -0.2) is 13.1 Å². The molecule has 0 radical (unpaired) electrons. The summed E-state index contributed by atoms with van der Waals surface area (Å²) in [4.78, 5) is 12.9. The Kier molecular flexibility index (Phi) is 4.53. The molecule has 0 aromatic heterocycles. The molecule has 0 saturated heterocycles. The van der Waals surface area contributed by atoms with Gasteiger partial charge in [-0.05, 0) is 23.9 Å². The van der Waals surface area contributed by atoms with Crippen LogP contribution in [0.3, 0.4) is 0 Å². The summed E-state index contributed by atoms with van der Waals surface area (Å²) in [6.07, 6.45) is 0.379. The maximum atomic E-state index is 12.9. The van der Waals surface area contributed by atoms with Crippen LogP contribution in [0.1, 0.15) is 17.9 Å². The molecule has 1 amide bonds. The number of fused-ring (bicyclic) bond motifs is 2. The average Bonchev–Trinajstić information content (AvgIpc) is 2.67. The zero-order valence-corrected chi connectivity index (χ0v) is 15.8. The van der Waals surface area contributed by atoms with Crippen molar-refractivity contribution in [1.82, 2.24) is 4.72 Å². The van der Waals surface area contributed by atoms with E-state index in [1.165, 1.54) is 6.07 Å². The minimum atomic E-state index is -4.02. The van der Waals surface area contributed by atoms with E-state index in [-0.39, 0.29) is 4.90 Å². The minimum Gasteiger partial charge on any atom is -0.492 e. The summed E-state index contributed by atoms with van der Waals surface area (Å²) in [7, 11) is -4.02. The second-order valence-corrected chi connectivity index (χ2v) is 8.35. The molecule has 5 nitrogen and oxygen atoms in total. The zero-order chi connectivity index (χ0) is 19.0. The maximum absolute atomic E-state index is 12.9. The Morgan fingerprint density at radius 1 is 1.04 bits per heavy atom. The molecule has 0 spiro atoms. The molecule has 3 aromatic carbocycles. The Labute approximate surface area is 162 Å². The van der Waals surface area contributed by atoms with E-state index in [0.717, 1.165) is 5.39 Å². The lowest BCUT2D eigenvalue weighted by molar-refractivity contribution is -0.121. The molecule has 138 valence electrons. The Hall–Kier alpha value is -2.57. The van der Waals surface area contributed by atoms with Crippen LogP contribution in [0.5, 0.6) is 5.75 Å². The predicted octanol–water partition coefficient (Wildman–Crippen LogP) is 3.86. The molecule has 3 aromatic rings. The van der Waals surface area contributed by atoms with Crippen LogP contribution in [0.15, 0.2) is 65.6 Å². The Morgan fingerprint density at radius 2 is 1.78 bits per heavy atom. The lowest BCUT2D eigenvalue weighted by Gasteiger charge is -2.25. The molecule has 0 fully saturated rings. The van der Waals surface area contributed by atoms with Gasteiger partial charge >= 0.3 is 0 Å². The van der Waals surface area contributed by atoms with Crippen molar-refractivity contribution in [3.05, 3.63) is 71.2 Å². The van der Waals surface area contributed by atoms with E-state index in [1.807, 2.05) is 18.2 Å². The number of carbonyl (C=O) groups is 1. The highest BCUT2D eigenvalue weighted by molar-refractivity contribution is 7.90. The van der Waals surface area contributed by atoms with E-state index in [0.29, 0.717) is 34.7 Å². The van der Waals surface area contributed by atoms with E-state index in [1.54, 1.807) is 36.4 Å². The number of para-hydroxylation sites is 1. The van der Waals surface area contributed by atoms with Crippen LogP contribution in [0.2, 0.25) is 5.02 Å². The summed E-state index contributed by atoms with van der Waals surface area (Å²) in [6.45, 7) is 0.295. The summed E-state index contributed by atoms with van der Waals surface area (Å²) in [5.41, 5.74) is 0.597. The molecule has 1 aliphatic rings. The number of benzene rings is 3. The molecule has 1 heterocycles. The van der Waals surface area contributed by atoms with Gasteiger partial charge in [-0.1, -0.05) is 60.1 Å². The van der Waals surface area contributed by atoms with Crippen LogP contribution in [0, 0.1) is 0 Å². The van der Waals surface area contributed by atoms with Gasteiger partial charge in [-0.2, -0.15) is 0 Å². The topological polar surface area (TPSA) is 72.5 Å². The van der Waals surface area contributed by atoms with Gasteiger partial charge in [0.15, 0.2) is 0 Å². The molecule has 1 unspecified atom stereocenters. The van der Waals surface area contributed by atoms with Crippen molar-refractivity contribution in [2.24, 2.45) is 0 Å². The average molecular weight is 402 g/mol. The molecule has 1 N–H and O–H groups in total. The summed E-state index contributed by atoms with van der Waals surface area (Å²) in [6, 6.07) is 17.2. The fraction of sp³-hybridized carbons (Fsp3) is 0.150. The predicted molar refractivity (Wildman–Crippen MR) is 104 cm³/mol. The first kappa shape index (κ1) is 17.8. The fourth-order valence-corrected chi connectivity index (χ4v) is 4.83. The summed E-state index contributed by atoms with van der Waals surface area (Å²) >= 11 is 6.13. The molecule has 7 heteroatoms. The lowest BCUT2D eigenvalue weighted by Crippen LogP contribution is -2.36. The van der Waals surface area contributed by atoms with Crippen molar-refractivity contribution in [1.29, 1.82) is 0 Å². The molecule has 4 rings (SSSR count). The van der Waals surface area contributed by atoms with Gasteiger partial charge in [0.2, 0.25) is 5.91 Å². The normalized spacial score (nSPS) is 16.4. The van der Waals surface area contributed by atoms with Crippen molar-refractivity contribution in [3.63, 3.8) is 0 Å². The number of rotatable bonds is 3. The highest BCUT2D eigenvalue weighted by Gasteiger charge is 2.32. The summed E-state index contributed by atoms with van der Waals surface area (Å²) in [5, 5.41) is 1.76. The van der Waals surface area contributed by atoms with Gasteiger partial charge in [0.1, 0.15) is 5.75 Å². The van der Waals surface area contributed by atoms with Crippen LogP contribution >= 0.6 is 11.6 Å². The molecular weight excluding hydrogens is 386 g/mol. The molecule has 27 heavy (non-hydrogen) atoms. The number of amides is 1. The number of sulfonamides is 1. The van der Waals surface area contributed by atoms with E-state index < -0.39 is 21.8 Å². The molecular formula is C20H16ClNO4S. The van der Waals surface area contributed by atoms with Gasteiger partial charge in [-0.3, -0.25) is 4.79 Å². The van der Waals surface area contributed by atoms with Crippen LogP contribution in [0.4, 0.5) is 0 Å². The minimum absolute atomic E-state index is 0.0762. The van der Waals surface area contributed by atoms with Crippen molar-refractivity contribution >= 4 is 38.3 Å². The lowest BCUT2D eigenvalue weighted by atomic mass is 9.93. The molecule has 1 aliphatic heterocycles. The Balaban J connectivity index is 1.68. The number of hydrogen-bond acceptors (Lipinski definition) is 4. The smallest absolute Gasteiger partial charge is 0.264 e. The third kappa shape index (κ3) is 3.26. The van der Waals surface area contributed by atoms with Crippen molar-refractivity contribution < 1.29 is 17.9 Å². The zero-order valence-electron chi connectivity index (χ0n) is 14.2. The number of carbonyl (C=O) groups excluding carboxylic acids is 1. The molecule has 0 aliphatic carbocycles. The first-order chi connectivity index (χ1) is 13.0. The first-order valence-electron chi connectivity index (χ1n) is 8.43. The number of nitrogens with one attached hydrogen (secondary N) is 1. The van der Waals surface area contributed by atoms with Gasteiger partial charge in [-0.15, -0.1) is 0 Å². The Morgan fingerprint density at radius 3 is 2.63 bits per heavy atom. The third-order valence-corrected chi connectivity index (χ3v) is 6.32. The highest BCUT2D eigenvalue weighted by atomic mass is 35.5. The second-order valence-electron chi connectivity index (χ2n) is 6.29. The quantitative estimate of drug-likeness (QED) is 0.723. The maximum Gasteiger partial charge on any atom is 0.264 e. The van der Waals surface area contributed by atoms with Gasteiger partial charge in [0.25, 0.3) is 10.0 Å². The monoisotopic (exact) mass is 401 g/mol. The van der Waals surface area contributed by atoms with Crippen LogP contribution < -0.4 is 9.46 Å². The van der Waals surface area contributed by atoms with Gasteiger partial charge in [0.05, 0.1) is 22.4 Å². The number of hydrogen-bond donors (Lipinski definition) is 1. The largest absolute Gasteiger partial charge is 0.492 e. The SMILES string of the molecule is O=C(NS(=O)(=O)c1cccc2ccccc12)C1CCOc2c(Cl)cccc21. The second kappa shape index (κ2) is 6.87. The van der Waals surface area contributed by atoms with Crippen LogP contribution in [0.25, 0.3) is 10.8 Å². The number of halogens is 1. The van der Waals surface area contributed by atoms with Crippen molar-refractivity contribution in [3.8, 4) is 5.75 Å². The highest BCUT2D eigenvalue weighted by Crippen LogP contribution is 2.39. The van der Waals surface area contributed by atoms with E-state index in [4.69, 9.17) is 16.3 Å². The van der Waals surface area contributed by atoms with E-state index >= 15 is 0 Å².